The third-order valence-corrected chi connectivity index (χ3v) is 2.65. The van der Waals surface area contributed by atoms with Crippen LogP contribution in [0.4, 0.5) is 0 Å². The average molecular weight is 163 g/mol. The number of aryl methyl sites for hydroxylation is 1. The zero-order valence-electron chi connectivity index (χ0n) is 6.37. The van der Waals surface area contributed by atoms with Crippen molar-refractivity contribution >= 4 is 17.4 Å². The predicted molar refractivity (Wildman–Crippen MR) is 48.7 cm³/mol. The Morgan fingerprint density at radius 3 is 3.27 bits per heavy atom. The molecule has 0 N–H and O–H groups in total. The standard InChI is InChI=1S/C9H9NS/c1-7-10-8-5-3-2-4-6-9(8)11-7/h2-5H,6H2,1H3. The second kappa shape index (κ2) is 2.62. The van der Waals surface area contributed by atoms with Gasteiger partial charge in [0, 0.05) is 11.3 Å². The summed E-state index contributed by atoms with van der Waals surface area (Å²) in [6.45, 7) is 2.05. The Bertz CT molecular complexity index is 320. The number of hydrogen-bond acceptors (Lipinski definition) is 2. The molecular weight excluding hydrogens is 154 g/mol. The van der Waals surface area contributed by atoms with Gasteiger partial charge < -0.3 is 0 Å². The summed E-state index contributed by atoms with van der Waals surface area (Å²) in [5.41, 5.74) is 1.15. The van der Waals surface area contributed by atoms with Gasteiger partial charge in [-0.15, -0.1) is 11.3 Å². The van der Waals surface area contributed by atoms with Gasteiger partial charge in [-0.1, -0.05) is 18.2 Å². The summed E-state index contributed by atoms with van der Waals surface area (Å²) in [5.74, 6) is 0. The first-order valence-corrected chi connectivity index (χ1v) is 4.47. The number of aromatic nitrogens is 1. The van der Waals surface area contributed by atoms with Crippen LogP contribution in [0, 0.1) is 6.92 Å². The summed E-state index contributed by atoms with van der Waals surface area (Å²) < 4.78 is 0. The van der Waals surface area contributed by atoms with Crippen LogP contribution < -0.4 is 0 Å². The summed E-state index contributed by atoms with van der Waals surface area (Å²) in [6.07, 6.45) is 9.39. The Labute approximate surface area is 70.1 Å². The molecule has 1 aromatic rings. The fraction of sp³-hybridized carbons (Fsp3) is 0.222. The van der Waals surface area contributed by atoms with Gasteiger partial charge in [0.1, 0.15) is 0 Å². The van der Waals surface area contributed by atoms with Gasteiger partial charge in [0.05, 0.1) is 10.7 Å². The molecule has 2 heteroatoms. The molecule has 0 spiro atoms. The van der Waals surface area contributed by atoms with Crippen LogP contribution in [-0.2, 0) is 6.42 Å². The molecular formula is C9H9NS. The summed E-state index contributed by atoms with van der Waals surface area (Å²) in [6, 6.07) is 0. The van der Waals surface area contributed by atoms with Crippen molar-refractivity contribution in [2.45, 2.75) is 13.3 Å². The highest BCUT2D eigenvalue weighted by molar-refractivity contribution is 7.11. The number of allylic oxidation sites excluding steroid dienone is 3. The Morgan fingerprint density at radius 2 is 2.36 bits per heavy atom. The van der Waals surface area contributed by atoms with Crippen LogP contribution >= 0.6 is 11.3 Å². The van der Waals surface area contributed by atoms with E-state index in [4.69, 9.17) is 0 Å². The molecule has 0 bridgehead atoms. The molecule has 1 aliphatic carbocycles. The van der Waals surface area contributed by atoms with E-state index in [-0.39, 0.29) is 0 Å². The Balaban J connectivity index is 2.51. The highest BCUT2D eigenvalue weighted by atomic mass is 32.1. The summed E-state index contributed by atoms with van der Waals surface area (Å²) in [5, 5.41) is 1.16. The van der Waals surface area contributed by atoms with Crippen LogP contribution in [0.25, 0.3) is 6.08 Å². The second-order valence-corrected chi connectivity index (χ2v) is 3.82. The Morgan fingerprint density at radius 1 is 1.45 bits per heavy atom. The van der Waals surface area contributed by atoms with Crippen molar-refractivity contribution in [2.24, 2.45) is 0 Å². The predicted octanol–water partition coefficient (Wildman–Crippen LogP) is 2.58. The topological polar surface area (TPSA) is 12.9 Å². The van der Waals surface area contributed by atoms with E-state index in [1.165, 1.54) is 4.88 Å². The van der Waals surface area contributed by atoms with Crippen LogP contribution in [0.1, 0.15) is 15.6 Å². The van der Waals surface area contributed by atoms with Gasteiger partial charge in [0.2, 0.25) is 0 Å². The molecule has 0 unspecified atom stereocenters. The molecule has 0 radical (unpaired) electrons. The molecule has 0 aromatic carbocycles. The molecule has 0 saturated heterocycles. The molecule has 0 fully saturated rings. The quantitative estimate of drug-likeness (QED) is 0.573. The summed E-state index contributed by atoms with van der Waals surface area (Å²) >= 11 is 1.79. The van der Waals surface area contributed by atoms with Gasteiger partial charge in [-0.05, 0) is 13.0 Å². The molecule has 0 saturated carbocycles. The third-order valence-electron chi connectivity index (χ3n) is 1.64. The molecule has 0 atom stereocenters. The van der Waals surface area contributed by atoms with Gasteiger partial charge in [0.15, 0.2) is 0 Å². The first kappa shape index (κ1) is 6.80. The SMILES string of the molecule is Cc1nc2c(s1)CC=CC=C2. The largest absolute Gasteiger partial charge is 0.242 e. The van der Waals surface area contributed by atoms with E-state index in [1.807, 2.05) is 6.08 Å². The van der Waals surface area contributed by atoms with E-state index in [0.29, 0.717) is 0 Å². The fourth-order valence-electron chi connectivity index (χ4n) is 1.16. The molecule has 56 valence electrons. The van der Waals surface area contributed by atoms with Gasteiger partial charge >= 0.3 is 0 Å². The molecule has 1 nitrogen and oxygen atoms in total. The third kappa shape index (κ3) is 1.26. The van der Waals surface area contributed by atoms with Crippen LogP contribution in [0.2, 0.25) is 0 Å². The zero-order valence-corrected chi connectivity index (χ0v) is 7.19. The van der Waals surface area contributed by atoms with Crippen molar-refractivity contribution in [3.63, 3.8) is 0 Å². The van der Waals surface area contributed by atoms with Crippen LogP contribution in [0.5, 0.6) is 0 Å². The number of hydrogen-bond donors (Lipinski definition) is 0. The van der Waals surface area contributed by atoms with Crippen molar-refractivity contribution in [3.05, 3.63) is 33.8 Å². The van der Waals surface area contributed by atoms with Gasteiger partial charge in [-0.2, -0.15) is 0 Å². The minimum atomic E-state index is 1.04. The fourth-order valence-corrected chi connectivity index (χ4v) is 2.06. The van der Waals surface area contributed by atoms with E-state index < -0.39 is 0 Å². The van der Waals surface area contributed by atoms with Crippen molar-refractivity contribution in [3.8, 4) is 0 Å². The maximum absolute atomic E-state index is 4.40. The highest BCUT2D eigenvalue weighted by Gasteiger charge is 2.05. The molecule has 11 heavy (non-hydrogen) atoms. The minimum absolute atomic E-state index is 1.04. The van der Waals surface area contributed by atoms with Crippen molar-refractivity contribution in [2.75, 3.05) is 0 Å². The first-order chi connectivity index (χ1) is 5.36. The Kier molecular flexibility index (Phi) is 1.62. The van der Waals surface area contributed by atoms with Crippen LogP contribution in [0.3, 0.4) is 0 Å². The maximum Gasteiger partial charge on any atom is 0.0904 e. The molecule has 0 aliphatic heterocycles. The summed E-state index contributed by atoms with van der Waals surface area (Å²) in [4.78, 5) is 5.78. The first-order valence-electron chi connectivity index (χ1n) is 3.66. The van der Waals surface area contributed by atoms with Crippen molar-refractivity contribution in [1.29, 1.82) is 0 Å². The lowest BCUT2D eigenvalue weighted by molar-refractivity contribution is 1.23. The van der Waals surface area contributed by atoms with Gasteiger partial charge in [-0.25, -0.2) is 4.98 Å². The highest BCUT2D eigenvalue weighted by Crippen LogP contribution is 2.21. The van der Waals surface area contributed by atoms with E-state index in [2.05, 4.69) is 30.1 Å². The number of rotatable bonds is 0. The van der Waals surface area contributed by atoms with Crippen LogP contribution in [0.15, 0.2) is 18.2 Å². The maximum atomic E-state index is 4.40. The number of nitrogens with zero attached hydrogens (tertiary/aromatic N) is 1. The number of thiazole rings is 1. The second-order valence-electron chi connectivity index (χ2n) is 2.53. The van der Waals surface area contributed by atoms with E-state index in [0.717, 1.165) is 17.1 Å². The van der Waals surface area contributed by atoms with Crippen molar-refractivity contribution < 1.29 is 0 Å². The summed E-state index contributed by atoms with van der Waals surface area (Å²) in [7, 11) is 0. The van der Waals surface area contributed by atoms with Crippen LogP contribution in [-0.4, -0.2) is 4.98 Å². The lowest BCUT2D eigenvalue weighted by Crippen LogP contribution is -1.77. The van der Waals surface area contributed by atoms with E-state index >= 15 is 0 Å². The lowest BCUT2D eigenvalue weighted by Gasteiger charge is -1.87. The van der Waals surface area contributed by atoms with Crippen molar-refractivity contribution in [1.82, 2.24) is 4.98 Å². The average Bonchev–Trinajstić information content (AvgIpc) is 2.17. The van der Waals surface area contributed by atoms with Gasteiger partial charge in [-0.3, -0.25) is 0 Å². The zero-order chi connectivity index (χ0) is 7.68. The molecule has 1 aliphatic rings. The monoisotopic (exact) mass is 163 g/mol. The number of fused-ring (bicyclic) bond motifs is 1. The van der Waals surface area contributed by atoms with Gasteiger partial charge in [0.25, 0.3) is 0 Å². The molecule has 1 heterocycles. The molecule has 0 amide bonds. The normalized spacial score (nSPS) is 14.6. The molecule has 1 aromatic heterocycles. The lowest BCUT2D eigenvalue weighted by atomic mass is 10.3. The Hall–Kier alpha value is -0.890. The molecule has 2 rings (SSSR count). The minimum Gasteiger partial charge on any atom is -0.242 e. The van der Waals surface area contributed by atoms with E-state index in [1.54, 1.807) is 11.3 Å². The smallest absolute Gasteiger partial charge is 0.0904 e. The van der Waals surface area contributed by atoms with E-state index in [9.17, 15) is 0 Å².